The smallest absolute Gasteiger partial charge is 0.207 e. The molecular weight excluding hydrogens is 277 g/mol. The Balaban J connectivity index is 2.55. The van der Waals surface area contributed by atoms with Crippen molar-refractivity contribution in [2.24, 2.45) is 0 Å². The SMILES string of the molecule is N#Cc1cc(F)cc(-c2ccc(C(F)(F)F)cc2F)c1. The summed E-state index contributed by atoms with van der Waals surface area (Å²) in [5.74, 6) is -1.90. The second-order valence-electron chi connectivity index (χ2n) is 4.03. The third-order valence-electron chi connectivity index (χ3n) is 2.63. The van der Waals surface area contributed by atoms with Gasteiger partial charge in [-0.1, -0.05) is 6.07 Å². The van der Waals surface area contributed by atoms with Crippen LogP contribution >= 0.6 is 0 Å². The lowest BCUT2D eigenvalue weighted by atomic mass is 10.0. The van der Waals surface area contributed by atoms with Crippen LogP contribution < -0.4 is 0 Å². The van der Waals surface area contributed by atoms with Crippen LogP contribution in [-0.4, -0.2) is 0 Å². The summed E-state index contributed by atoms with van der Waals surface area (Å²) in [6.45, 7) is 0. The zero-order valence-corrected chi connectivity index (χ0v) is 9.80. The van der Waals surface area contributed by atoms with Crippen LogP contribution in [0.5, 0.6) is 0 Å². The number of alkyl halides is 3. The lowest BCUT2D eigenvalue weighted by Gasteiger charge is -2.09. The van der Waals surface area contributed by atoms with Gasteiger partial charge in [-0.3, -0.25) is 0 Å². The zero-order chi connectivity index (χ0) is 14.9. The Labute approximate surface area is 110 Å². The number of nitriles is 1. The van der Waals surface area contributed by atoms with Gasteiger partial charge in [0.2, 0.25) is 0 Å². The summed E-state index contributed by atoms with van der Waals surface area (Å²) in [6.07, 6.45) is -4.65. The summed E-state index contributed by atoms with van der Waals surface area (Å²) in [4.78, 5) is 0. The predicted molar refractivity (Wildman–Crippen MR) is 61.5 cm³/mol. The minimum atomic E-state index is -4.65. The van der Waals surface area contributed by atoms with Crippen LogP contribution in [0.25, 0.3) is 11.1 Å². The van der Waals surface area contributed by atoms with Crippen molar-refractivity contribution in [3.05, 3.63) is 59.2 Å². The summed E-state index contributed by atoms with van der Waals surface area (Å²) < 4.78 is 64.2. The molecule has 6 heteroatoms. The summed E-state index contributed by atoms with van der Waals surface area (Å²) >= 11 is 0. The largest absolute Gasteiger partial charge is 0.416 e. The van der Waals surface area contributed by atoms with E-state index in [1.54, 1.807) is 6.07 Å². The predicted octanol–water partition coefficient (Wildman–Crippen LogP) is 4.52. The maximum Gasteiger partial charge on any atom is 0.416 e. The molecule has 0 amide bonds. The highest BCUT2D eigenvalue weighted by atomic mass is 19.4. The number of rotatable bonds is 1. The second kappa shape index (κ2) is 4.93. The number of hydrogen-bond donors (Lipinski definition) is 0. The summed E-state index contributed by atoms with van der Waals surface area (Å²) in [5.41, 5.74) is -1.36. The average Bonchev–Trinajstić information content (AvgIpc) is 2.36. The number of nitrogens with zero attached hydrogens (tertiary/aromatic N) is 1. The normalized spacial score (nSPS) is 11.2. The minimum absolute atomic E-state index is 0.00720. The van der Waals surface area contributed by atoms with Gasteiger partial charge in [-0.25, -0.2) is 8.78 Å². The molecule has 0 aliphatic rings. The first-order valence-electron chi connectivity index (χ1n) is 5.39. The van der Waals surface area contributed by atoms with Gasteiger partial charge in [0.15, 0.2) is 0 Å². The van der Waals surface area contributed by atoms with Crippen molar-refractivity contribution in [3.63, 3.8) is 0 Å². The highest BCUT2D eigenvalue weighted by Gasteiger charge is 2.31. The summed E-state index contributed by atoms with van der Waals surface area (Å²) in [6, 6.07) is 6.75. The van der Waals surface area contributed by atoms with E-state index >= 15 is 0 Å². The van der Waals surface area contributed by atoms with Gasteiger partial charge in [0.05, 0.1) is 17.2 Å². The van der Waals surface area contributed by atoms with Gasteiger partial charge in [-0.15, -0.1) is 0 Å². The Morgan fingerprint density at radius 1 is 0.950 bits per heavy atom. The molecule has 0 bridgehead atoms. The van der Waals surface area contributed by atoms with E-state index < -0.39 is 23.4 Å². The first kappa shape index (κ1) is 14.0. The molecule has 0 saturated heterocycles. The number of halogens is 5. The third-order valence-corrected chi connectivity index (χ3v) is 2.63. The fourth-order valence-electron chi connectivity index (χ4n) is 1.74. The Bertz CT molecular complexity index is 698. The van der Waals surface area contributed by atoms with Crippen molar-refractivity contribution in [1.29, 1.82) is 5.26 Å². The highest BCUT2D eigenvalue weighted by molar-refractivity contribution is 5.66. The van der Waals surface area contributed by atoms with Gasteiger partial charge in [0, 0.05) is 5.56 Å². The fourth-order valence-corrected chi connectivity index (χ4v) is 1.74. The molecular formula is C14H6F5N. The van der Waals surface area contributed by atoms with E-state index in [2.05, 4.69) is 0 Å². The molecule has 0 aliphatic heterocycles. The summed E-state index contributed by atoms with van der Waals surface area (Å²) in [5, 5.41) is 8.69. The Morgan fingerprint density at radius 3 is 2.20 bits per heavy atom. The van der Waals surface area contributed by atoms with E-state index in [1.807, 2.05) is 0 Å². The van der Waals surface area contributed by atoms with Crippen LogP contribution in [-0.2, 0) is 6.18 Å². The van der Waals surface area contributed by atoms with Crippen molar-refractivity contribution in [1.82, 2.24) is 0 Å². The molecule has 1 nitrogen and oxygen atoms in total. The fraction of sp³-hybridized carbons (Fsp3) is 0.0714. The van der Waals surface area contributed by atoms with Crippen molar-refractivity contribution in [3.8, 4) is 17.2 Å². The molecule has 0 spiro atoms. The van der Waals surface area contributed by atoms with Crippen LogP contribution in [0.3, 0.4) is 0 Å². The van der Waals surface area contributed by atoms with Crippen molar-refractivity contribution >= 4 is 0 Å². The van der Waals surface area contributed by atoms with E-state index in [9.17, 15) is 22.0 Å². The zero-order valence-electron chi connectivity index (χ0n) is 9.80. The maximum atomic E-state index is 13.7. The number of hydrogen-bond acceptors (Lipinski definition) is 1. The van der Waals surface area contributed by atoms with Gasteiger partial charge in [-0.05, 0) is 35.9 Å². The van der Waals surface area contributed by atoms with E-state index in [0.717, 1.165) is 18.2 Å². The van der Waals surface area contributed by atoms with Crippen LogP contribution in [0.2, 0.25) is 0 Å². The maximum absolute atomic E-state index is 13.7. The lowest BCUT2D eigenvalue weighted by molar-refractivity contribution is -0.137. The van der Waals surface area contributed by atoms with Gasteiger partial charge in [-0.2, -0.15) is 18.4 Å². The molecule has 0 unspecified atom stereocenters. The van der Waals surface area contributed by atoms with E-state index in [0.29, 0.717) is 12.1 Å². The van der Waals surface area contributed by atoms with Crippen molar-refractivity contribution in [2.45, 2.75) is 6.18 Å². The first-order chi connectivity index (χ1) is 9.31. The second-order valence-corrected chi connectivity index (χ2v) is 4.03. The molecule has 102 valence electrons. The summed E-state index contributed by atoms with van der Waals surface area (Å²) in [7, 11) is 0. The van der Waals surface area contributed by atoms with E-state index in [1.165, 1.54) is 6.07 Å². The number of benzene rings is 2. The molecule has 0 N–H and O–H groups in total. The monoisotopic (exact) mass is 283 g/mol. The molecule has 2 rings (SSSR count). The quantitative estimate of drug-likeness (QED) is 0.706. The molecule has 0 fully saturated rings. The standard InChI is InChI=1S/C14H6F5N/c15-11-4-8(7-20)3-9(5-11)12-2-1-10(6-13(12)16)14(17,18)19/h1-6H. The Morgan fingerprint density at radius 2 is 1.65 bits per heavy atom. The third kappa shape index (κ3) is 2.77. The van der Waals surface area contributed by atoms with Gasteiger partial charge in [0.25, 0.3) is 0 Å². The highest BCUT2D eigenvalue weighted by Crippen LogP contribution is 2.33. The van der Waals surface area contributed by atoms with E-state index in [4.69, 9.17) is 5.26 Å². The van der Waals surface area contributed by atoms with Gasteiger partial charge >= 0.3 is 6.18 Å². The van der Waals surface area contributed by atoms with Crippen LogP contribution in [0.15, 0.2) is 36.4 Å². The van der Waals surface area contributed by atoms with Crippen LogP contribution in [0.1, 0.15) is 11.1 Å². The minimum Gasteiger partial charge on any atom is -0.207 e. The van der Waals surface area contributed by atoms with Crippen molar-refractivity contribution < 1.29 is 22.0 Å². The average molecular weight is 283 g/mol. The van der Waals surface area contributed by atoms with E-state index in [-0.39, 0.29) is 16.7 Å². The molecule has 0 radical (unpaired) electrons. The molecule has 20 heavy (non-hydrogen) atoms. The first-order valence-corrected chi connectivity index (χ1v) is 5.39. The Hall–Kier alpha value is -2.42. The van der Waals surface area contributed by atoms with Gasteiger partial charge < -0.3 is 0 Å². The molecule has 0 aromatic heterocycles. The topological polar surface area (TPSA) is 23.8 Å². The molecule has 0 atom stereocenters. The molecule has 0 saturated carbocycles. The Kier molecular flexibility index (Phi) is 3.45. The molecule has 2 aromatic rings. The lowest BCUT2D eigenvalue weighted by Crippen LogP contribution is -2.05. The van der Waals surface area contributed by atoms with Crippen molar-refractivity contribution in [2.75, 3.05) is 0 Å². The van der Waals surface area contributed by atoms with Gasteiger partial charge in [0.1, 0.15) is 11.6 Å². The molecule has 0 aliphatic carbocycles. The molecule has 2 aromatic carbocycles. The van der Waals surface area contributed by atoms with Crippen LogP contribution in [0.4, 0.5) is 22.0 Å². The molecule has 0 heterocycles. The van der Waals surface area contributed by atoms with Crippen LogP contribution in [0, 0.1) is 23.0 Å².